The van der Waals surface area contributed by atoms with Crippen LogP contribution < -0.4 is 5.32 Å². The van der Waals surface area contributed by atoms with Crippen LogP contribution in [-0.2, 0) is 4.74 Å². The summed E-state index contributed by atoms with van der Waals surface area (Å²) in [4.78, 5) is 0. The number of nitrogens with one attached hydrogen (secondary N) is 1. The van der Waals surface area contributed by atoms with E-state index in [-0.39, 0.29) is 0 Å². The van der Waals surface area contributed by atoms with Crippen LogP contribution in [0.5, 0.6) is 0 Å². The molecule has 1 aromatic rings. The van der Waals surface area contributed by atoms with E-state index in [1.54, 1.807) is 0 Å². The summed E-state index contributed by atoms with van der Waals surface area (Å²) >= 11 is 1.51. The lowest BCUT2D eigenvalue weighted by atomic mass is 10.1. The molecule has 0 radical (unpaired) electrons. The summed E-state index contributed by atoms with van der Waals surface area (Å²) in [7, 11) is 0. The molecule has 0 unspecified atom stereocenters. The highest BCUT2D eigenvalue weighted by molar-refractivity contribution is 7.10. The maximum absolute atomic E-state index is 5.27. The Kier molecular flexibility index (Phi) is 2.58. The number of ether oxygens (including phenoxy) is 1. The fraction of sp³-hybridized carbons (Fsp3) is 0.625. The van der Waals surface area contributed by atoms with Crippen LogP contribution in [-0.4, -0.2) is 23.6 Å². The molecule has 1 aliphatic rings. The standard InChI is InChI=1S/C8H12N2OS/c1-4-9-12-8(1)10-7-2-5-11-6-3-7/h1,4,7,10H,2-3,5-6H2. The molecular formula is C8H12N2OS. The second-order valence-electron chi connectivity index (χ2n) is 2.91. The van der Waals surface area contributed by atoms with Crippen molar-refractivity contribution >= 4 is 16.5 Å². The van der Waals surface area contributed by atoms with E-state index in [1.165, 1.54) is 16.5 Å². The van der Waals surface area contributed by atoms with Gasteiger partial charge in [0.1, 0.15) is 5.00 Å². The summed E-state index contributed by atoms with van der Waals surface area (Å²) in [5.74, 6) is 0. The molecule has 3 nitrogen and oxygen atoms in total. The first-order chi connectivity index (χ1) is 5.95. The third kappa shape index (κ3) is 1.95. The van der Waals surface area contributed by atoms with Crippen molar-refractivity contribution in [3.05, 3.63) is 12.3 Å². The second kappa shape index (κ2) is 3.87. The summed E-state index contributed by atoms with van der Waals surface area (Å²) in [6.45, 7) is 1.77. The van der Waals surface area contributed by atoms with Crippen molar-refractivity contribution in [2.75, 3.05) is 18.5 Å². The molecule has 1 aromatic heterocycles. The van der Waals surface area contributed by atoms with Crippen molar-refractivity contribution in [3.63, 3.8) is 0 Å². The molecule has 0 aromatic carbocycles. The van der Waals surface area contributed by atoms with Gasteiger partial charge in [-0.1, -0.05) is 0 Å². The van der Waals surface area contributed by atoms with Crippen molar-refractivity contribution in [1.82, 2.24) is 4.37 Å². The van der Waals surface area contributed by atoms with E-state index >= 15 is 0 Å². The number of nitrogens with zero attached hydrogens (tertiary/aromatic N) is 1. The topological polar surface area (TPSA) is 34.1 Å². The van der Waals surface area contributed by atoms with Crippen molar-refractivity contribution in [2.45, 2.75) is 18.9 Å². The minimum Gasteiger partial charge on any atom is -0.381 e. The first kappa shape index (κ1) is 8.01. The first-order valence-corrected chi connectivity index (χ1v) is 4.97. The van der Waals surface area contributed by atoms with E-state index in [1.807, 2.05) is 12.3 Å². The monoisotopic (exact) mass is 184 g/mol. The zero-order valence-corrected chi connectivity index (χ0v) is 7.64. The largest absolute Gasteiger partial charge is 0.381 e. The molecule has 1 aliphatic heterocycles. The van der Waals surface area contributed by atoms with Gasteiger partial charge in [0.15, 0.2) is 0 Å². The van der Waals surface area contributed by atoms with Crippen LogP contribution in [0.3, 0.4) is 0 Å². The SMILES string of the molecule is c1cc(NC2CCOCC2)sn1. The molecule has 2 rings (SSSR count). The van der Waals surface area contributed by atoms with Gasteiger partial charge < -0.3 is 10.1 Å². The molecule has 0 spiro atoms. The second-order valence-corrected chi connectivity index (χ2v) is 3.74. The molecule has 66 valence electrons. The summed E-state index contributed by atoms with van der Waals surface area (Å²) in [5.41, 5.74) is 0. The number of rotatable bonds is 2. The smallest absolute Gasteiger partial charge is 0.109 e. The molecule has 0 atom stereocenters. The maximum atomic E-state index is 5.27. The van der Waals surface area contributed by atoms with Gasteiger partial charge in [0.2, 0.25) is 0 Å². The van der Waals surface area contributed by atoms with Crippen LogP contribution in [0.4, 0.5) is 5.00 Å². The van der Waals surface area contributed by atoms with Gasteiger partial charge in [0.05, 0.1) is 0 Å². The van der Waals surface area contributed by atoms with Crippen molar-refractivity contribution in [2.24, 2.45) is 0 Å². The number of hydrogen-bond acceptors (Lipinski definition) is 4. The Balaban J connectivity index is 1.86. The van der Waals surface area contributed by atoms with Crippen molar-refractivity contribution in [1.29, 1.82) is 0 Å². The molecule has 0 bridgehead atoms. The van der Waals surface area contributed by atoms with E-state index in [0.29, 0.717) is 6.04 Å². The molecule has 0 amide bonds. The molecule has 1 fully saturated rings. The Labute approximate surface area is 75.9 Å². The van der Waals surface area contributed by atoms with E-state index in [9.17, 15) is 0 Å². The van der Waals surface area contributed by atoms with Gasteiger partial charge in [-0.2, -0.15) is 4.37 Å². The molecule has 1 N–H and O–H groups in total. The van der Waals surface area contributed by atoms with Gasteiger partial charge in [-0.15, -0.1) is 0 Å². The highest BCUT2D eigenvalue weighted by atomic mass is 32.1. The molecule has 1 saturated heterocycles. The van der Waals surface area contributed by atoms with Crippen LogP contribution in [0.2, 0.25) is 0 Å². The quantitative estimate of drug-likeness (QED) is 0.760. The van der Waals surface area contributed by atoms with E-state index in [0.717, 1.165) is 26.1 Å². The maximum Gasteiger partial charge on any atom is 0.109 e. The van der Waals surface area contributed by atoms with Crippen LogP contribution in [0, 0.1) is 0 Å². The van der Waals surface area contributed by atoms with Gasteiger partial charge in [-0.25, -0.2) is 0 Å². The molecule has 12 heavy (non-hydrogen) atoms. The third-order valence-corrected chi connectivity index (χ3v) is 2.68. The lowest BCUT2D eigenvalue weighted by molar-refractivity contribution is 0.0905. The predicted octanol–water partition coefficient (Wildman–Crippen LogP) is 1.73. The van der Waals surface area contributed by atoms with E-state index in [2.05, 4.69) is 9.69 Å². The molecule has 0 saturated carbocycles. The van der Waals surface area contributed by atoms with Gasteiger partial charge in [-0.05, 0) is 30.4 Å². The third-order valence-electron chi connectivity index (χ3n) is 2.01. The zero-order valence-electron chi connectivity index (χ0n) is 6.82. The average molecular weight is 184 g/mol. The molecular weight excluding hydrogens is 172 g/mol. The lowest BCUT2D eigenvalue weighted by Gasteiger charge is -2.22. The summed E-state index contributed by atoms with van der Waals surface area (Å²) in [6, 6.07) is 2.60. The molecule has 2 heterocycles. The van der Waals surface area contributed by atoms with Crippen LogP contribution in [0.1, 0.15) is 12.8 Å². The van der Waals surface area contributed by atoms with Crippen molar-refractivity contribution in [3.8, 4) is 0 Å². The van der Waals surface area contributed by atoms with Gasteiger partial charge >= 0.3 is 0 Å². The lowest BCUT2D eigenvalue weighted by Crippen LogP contribution is -2.27. The molecule has 4 heteroatoms. The zero-order chi connectivity index (χ0) is 8.23. The first-order valence-electron chi connectivity index (χ1n) is 4.20. The fourth-order valence-corrected chi connectivity index (χ4v) is 1.91. The Morgan fingerprint density at radius 2 is 2.33 bits per heavy atom. The summed E-state index contributed by atoms with van der Waals surface area (Å²) in [5, 5.41) is 4.61. The van der Waals surface area contributed by atoms with E-state index < -0.39 is 0 Å². The number of anilines is 1. The Hall–Kier alpha value is -0.610. The summed E-state index contributed by atoms with van der Waals surface area (Å²) < 4.78 is 9.30. The van der Waals surface area contributed by atoms with E-state index in [4.69, 9.17) is 4.74 Å². The van der Waals surface area contributed by atoms with Gasteiger partial charge in [0, 0.05) is 25.5 Å². The van der Waals surface area contributed by atoms with Gasteiger partial charge in [-0.3, -0.25) is 0 Å². The van der Waals surface area contributed by atoms with Crippen LogP contribution in [0.15, 0.2) is 12.3 Å². The number of aromatic nitrogens is 1. The minimum atomic E-state index is 0.583. The fourth-order valence-electron chi connectivity index (χ4n) is 1.33. The molecule has 0 aliphatic carbocycles. The van der Waals surface area contributed by atoms with Crippen molar-refractivity contribution < 1.29 is 4.74 Å². The normalized spacial score (nSPS) is 19.3. The highest BCUT2D eigenvalue weighted by Crippen LogP contribution is 2.17. The Morgan fingerprint density at radius 3 is 3.00 bits per heavy atom. The summed E-state index contributed by atoms with van der Waals surface area (Å²) in [6.07, 6.45) is 4.04. The average Bonchev–Trinajstić information content (AvgIpc) is 2.59. The van der Waals surface area contributed by atoms with Crippen LogP contribution in [0.25, 0.3) is 0 Å². The van der Waals surface area contributed by atoms with Crippen LogP contribution >= 0.6 is 11.5 Å². The minimum absolute atomic E-state index is 0.583. The Bertz CT molecular complexity index is 219. The Morgan fingerprint density at radius 1 is 1.50 bits per heavy atom. The predicted molar refractivity (Wildman–Crippen MR) is 49.6 cm³/mol. The number of hydrogen-bond donors (Lipinski definition) is 1. The van der Waals surface area contributed by atoms with Gasteiger partial charge in [0.25, 0.3) is 0 Å². The highest BCUT2D eigenvalue weighted by Gasteiger charge is 2.13.